The number of carboxylic acids is 1. The molecule has 5 nitrogen and oxygen atoms in total. The van der Waals surface area contributed by atoms with Crippen molar-refractivity contribution in [3.63, 3.8) is 0 Å². The van der Waals surface area contributed by atoms with Crippen molar-refractivity contribution in [1.82, 2.24) is 9.88 Å². The van der Waals surface area contributed by atoms with Gasteiger partial charge in [-0.15, -0.1) is 0 Å². The number of aromatic carboxylic acids is 1. The maximum atomic E-state index is 11.2. The van der Waals surface area contributed by atoms with Crippen LogP contribution in [0.3, 0.4) is 0 Å². The van der Waals surface area contributed by atoms with Crippen LogP contribution in [0, 0.1) is 0 Å². The number of H-pyrrole nitrogens is 1. The summed E-state index contributed by atoms with van der Waals surface area (Å²) < 4.78 is 0. The van der Waals surface area contributed by atoms with Gasteiger partial charge < -0.3 is 19.9 Å². The number of anilines is 1. The number of nitrogens with one attached hydrogen (secondary N) is 1. The molecule has 1 aromatic heterocycles. The van der Waals surface area contributed by atoms with E-state index in [0.717, 1.165) is 48.6 Å². The van der Waals surface area contributed by atoms with Crippen molar-refractivity contribution in [2.24, 2.45) is 0 Å². The number of benzene rings is 2. The lowest BCUT2D eigenvalue weighted by molar-refractivity contribution is 0.0697. The minimum absolute atomic E-state index is 0.298. The van der Waals surface area contributed by atoms with Gasteiger partial charge in [0, 0.05) is 43.8 Å². The normalized spacial score (nSPS) is 15.1. The van der Waals surface area contributed by atoms with Crippen LogP contribution in [0.4, 0.5) is 5.69 Å². The maximum Gasteiger partial charge on any atom is 0.335 e. The van der Waals surface area contributed by atoms with E-state index in [1.165, 1.54) is 5.69 Å². The van der Waals surface area contributed by atoms with Gasteiger partial charge >= 0.3 is 5.97 Å². The molecule has 0 unspecified atom stereocenters. The van der Waals surface area contributed by atoms with Crippen molar-refractivity contribution in [1.29, 1.82) is 0 Å². The fourth-order valence-corrected chi connectivity index (χ4v) is 3.48. The second-order valence-corrected chi connectivity index (χ2v) is 7.03. The first kappa shape index (κ1) is 17.4. The Morgan fingerprint density at radius 3 is 2.37 bits per heavy atom. The number of carboxylic acid groups (broad SMARTS) is 1. The second kappa shape index (κ2) is 7.29. The van der Waals surface area contributed by atoms with E-state index in [4.69, 9.17) is 0 Å². The molecule has 138 valence electrons. The molecule has 0 spiro atoms. The van der Waals surface area contributed by atoms with Crippen LogP contribution >= 0.6 is 0 Å². The Hall–Kier alpha value is -3.05. The molecule has 4 rings (SSSR count). The molecule has 2 N–H and O–H groups in total. The molecule has 1 aliphatic heterocycles. The van der Waals surface area contributed by atoms with Crippen molar-refractivity contribution >= 4 is 11.7 Å². The van der Waals surface area contributed by atoms with Gasteiger partial charge in [0.1, 0.15) is 0 Å². The SMILES string of the molecule is CN1CCN(c2ccc(-c3cc(-c4cccc(C(=O)O)c4)c[nH]3)cc2)CC1. The van der Waals surface area contributed by atoms with Gasteiger partial charge in [0.2, 0.25) is 0 Å². The van der Waals surface area contributed by atoms with Crippen LogP contribution < -0.4 is 4.90 Å². The fourth-order valence-electron chi connectivity index (χ4n) is 3.48. The second-order valence-electron chi connectivity index (χ2n) is 7.03. The molecule has 2 aromatic carbocycles. The van der Waals surface area contributed by atoms with Gasteiger partial charge in [-0.25, -0.2) is 4.79 Å². The fraction of sp³-hybridized carbons (Fsp3) is 0.227. The predicted octanol–water partition coefficient (Wildman–Crippen LogP) is 3.80. The number of rotatable bonds is 4. The Morgan fingerprint density at radius 2 is 1.67 bits per heavy atom. The lowest BCUT2D eigenvalue weighted by Crippen LogP contribution is -2.44. The summed E-state index contributed by atoms with van der Waals surface area (Å²) in [6, 6.07) is 17.7. The van der Waals surface area contributed by atoms with Gasteiger partial charge in [0.05, 0.1) is 5.56 Å². The number of hydrogen-bond acceptors (Lipinski definition) is 3. The Balaban J connectivity index is 1.53. The Labute approximate surface area is 158 Å². The van der Waals surface area contributed by atoms with Crippen molar-refractivity contribution in [3.8, 4) is 22.4 Å². The van der Waals surface area contributed by atoms with Gasteiger partial charge in [-0.1, -0.05) is 24.3 Å². The summed E-state index contributed by atoms with van der Waals surface area (Å²) in [6.07, 6.45) is 1.92. The molecule has 0 saturated carbocycles. The summed E-state index contributed by atoms with van der Waals surface area (Å²) in [6.45, 7) is 4.30. The van der Waals surface area contributed by atoms with Gasteiger partial charge in [-0.3, -0.25) is 0 Å². The highest BCUT2D eigenvalue weighted by Gasteiger charge is 2.14. The third kappa shape index (κ3) is 3.73. The lowest BCUT2D eigenvalue weighted by atomic mass is 10.0. The predicted molar refractivity (Wildman–Crippen MR) is 108 cm³/mol. The number of aromatic nitrogens is 1. The zero-order chi connectivity index (χ0) is 18.8. The van der Waals surface area contributed by atoms with Crippen LogP contribution in [0.2, 0.25) is 0 Å². The van der Waals surface area contributed by atoms with Crippen LogP contribution in [0.5, 0.6) is 0 Å². The van der Waals surface area contributed by atoms with Crippen molar-refractivity contribution in [2.45, 2.75) is 0 Å². The lowest BCUT2D eigenvalue weighted by Gasteiger charge is -2.34. The monoisotopic (exact) mass is 361 g/mol. The maximum absolute atomic E-state index is 11.2. The first-order valence-corrected chi connectivity index (χ1v) is 9.16. The average Bonchev–Trinajstić information content (AvgIpc) is 3.19. The van der Waals surface area contributed by atoms with E-state index < -0.39 is 5.97 Å². The van der Waals surface area contributed by atoms with Crippen LogP contribution in [-0.4, -0.2) is 54.2 Å². The molecule has 1 fully saturated rings. The van der Waals surface area contributed by atoms with E-state index in [1.807, 2.05) is 12.3 Å². The zero-order valence-corrected chi connectivity index (χ0v) is 15.4. The quantitative estimate of drug-likeness (QED) is 0.742. The van der Waals surface area contributed by atoms with E-state index in [-0.39, 0.29) is 0 Å². The van der Waals surface area contributed by atoms with E-state index in [1.54, 1.807) is 18.2 Å². The van der Waals surface area contributed by atoms with Gasteiger partial charge in [-0.05, 0) is 54.1 Å². The third-order valence-electron chi connectivity index (χ3n) is 5.17. The Kier molecular flexibility index (Phi) is 4.69. The summed E-state index contributed by atoms with van der Waals surface area (Å²) in [7, 11) is 2.16. The van der Waals surface area contributed by atoms with Crippen LogP contribution in [0.25, 0.3) is 22.4 Å². The minimum atomic E-state index is -0.910. The first-order valence-electron chi connectivity index (χ1n) is 9.16. The van der Waals surface area contributed by atoms with Crippen LogP contribution in [-0.2, 0) is 0 Å². The Bertz CT molecular complexity index is 938. The largest absolute Gasteiger partial charge is 0.478 e. The number of likely N-dealkylation sites (N-methyl/N-ethyl adjacent to an activating group) is 1. The van der Waals surface area contributed by atoms with Crippen molar-refractivity contribution < 1.29 is 9.90 Å². The highest BCUT2D eigenvalue weighted by molar-refractivity contribution is 5.89. The highest BCUT2D eigenvalue weighted by atomic mass is 16.4. The van der Waals surface area contributed by atoms with E-state index >= 15 is 0 Å². The molecule has 0 aliphatic carbocycles. The van der Waals surface area contributed by atoms with E-state index in [0.29, 0.717) is 5.56 Å². The molecule has 1 aliphatic rings. The molecule has 0 radical (unpaired) electrons. The summed E-state index contributed by atoms with van der Waals surface area (Å²) in [4.78, 5) is 19.3. The van der Waals surface area contributed by atoms with Gasteiger partial charge in [0.25, 0.3) is 0 Å². The number of aromatic amines is 1. The molecule has 0 atom stereocenters. The zero-order valence-electron chi connectivity index (χ0n) is 15.4. The molecule has 2 heterocycles. The van der Waals surface area contributed by atoms with Crippen molar-refractivity contribution in [2.75, 3.05) is 38.1 Å². The third-order valence-corrected chi connectivity index (χ3v) is 5.17. The first-order chi connectivity index (χ1) is 13.1. The van der Waals surface area contributed by atoms with E-state index in [2.05, 4.69) is 52.2 Å². The smallest absolute Gasteiger partial charge is 0.335 e. The van der Waals surface area contributed by atoms with Gasteiger partial charge in [0.15, 0.2) is 0 Å². The molecule has 0 bridgehead atoms. The molecule has 3 aromatic rings. The molecular weight excluding hydrogens is 338 g/mol. The van der Waals surface area contributed by atoms with Crippen LogP contribution in [0.1, 0.15) is 10.4 Å². The van der Waals surface area contributed by atoms with E-state index in [9.17, 15) is 9.90 Å². The topological polar surface area (TPSA) is 59.6 Å². The van der Waals surface area contributed by atoms with Crippen molar-refractivity contribution in [3.05, 3.63) is 66.4 Å². The molecule has 27 heavy (non-hydrogen) atoms. The number of hydrogen-bond donors (Lipinski definition) is 2. The average molecular weight is 361 g/mol. The Morgan fingerprint density at radius 1 is 0.926 bits per heavy atom. The molecule has 0 amide bonds. The minimum Gasteiger partial charge on any atom is -0.478 e. The standard InChI is InChI=1S/C22H23N3O2/c1-24-9-11-25(12-10-24)20-7-5-16(6-8-20)21-14-19(15-23-21)17-3-2-4-18(13-17)22(26)27/h2-8,13-15,23H,9-12H2,1H3,(H,26,27). The van der Waals surface area contributed by atoms with Crippen LogP contribution in [0.15, 0.2) is 60.8 Å². The van der Waals surface area contributed by atoms with Gasteiger partial charge in [-0.2, -0.15) is 0 Å². The summed E-state index contributed by atoms with van der Waals surface area (Å²) in [5.74, 6) is -0.910. The number of nitrogens with zero attached hydrogens (tertiary/aromatic N) is 2. The highest BCUT2D eigenvalue weighted by Crippen LogP contribution is 2.28. The molecular formula is C22H23N3O2. The number of carbonyl (C=O) groups is 1. The summed E-state index contributed by atoms with van der Waals surface area (Å²) in [5, 5.41) is 9.17. The molecule has 1 saturated heterocycles. The number of piperazine rings is 1. The summed E-state index contributed by atoms with van der Waals surface area (Å²) in [5.41, 5.74) is 5.58. The molecule has 5 heteroatoms. The summed E-state index contributed by atoms with van der Waals surface area (Å²) >= 11 is 0.